The number of amidine groups is 1. The molecule has 2 aromatic heterocycles. The Morgan fingerprint density at radius 3 is 3.00 bits per heavy atom. The number of rotatable bonds is 1. The molecule has 0 aliphatic carbocycles. The SMILES string of the molecule is CN=C1Nc2ncccc2C=NC1c1sccc1C. The zero-order valence-corrected chi connectivity index (χ0v) is 11.6. The van der Waals surface area contributed by atoms with Crippen molar-refractivity contribution in [3.05, 3.63) is 45.8 Å². The summed E-state index contributed by atoms with van der Waals surface area (Å²) in [5.74, 6) is 1.64. The van der Waals surface area contributed by atoms with E-state index in [0.29, 0.717) is 0 Å². The molecule has 1 aliphatic rings. The second-order valence-corrected chi connectivity index (χ2v) is 5.27. The van der Waals surface area contributed by atoms with Crippen LogP contribution in [0.4, 0.5) is 5.82 Å². The molecule has 2 aromatic rings. The summed E-state index contributed by atoms with van der Waals surface area (Å²) >= 11 is 1.71. The second-order valence-electron chi connectivity index (χ2n) is 4.32. The molecule has 0 radical (unpaired) electrons. The van der Waals surface area contributed by atoms with Crippen LogP contribution in [0.3, 0.4) is 0 Å². The van der Waals surface area contributed by atoms with E-state index in [1.165, 1.54) is 10.4 Å². The van der Waals surface area contributed by atoms with Gasteiger partial charge in [-0.15, -0.1) is 11.3 Å². The van der Waals surface area contributed by atoms with E-state index in [1.54, 1.807) is 24.6 Å². The van der Waals surface area contributed by atoms with Gasteiger partial charge in [-0.25, -0.2) is 4.98 Å². The number of anilines is 1. The van der Waals surface area contributed by atoms with Crippen LogP contribution in [0.5, 0.6) is 0 Å². The Morgan fingerprint density at radius 1 is 1.37 bits per heavy atom. The van der Waals surface area contributed by atoms with E-state index in [1.807, 2.05) is 18.3 Å². The van der Waals surface area contributed by atoms with Gasteiger partial charge in [-0.05, 0) is 36.1 Å². The normalized spacial score (nSPS) is 19.9. The molecular weight excluding hydrogens is 256 g/mol. The third-order valence-electron chi connectivity index (χ3n) is 3.10. The molecule has 19 heavy (non-hydrogen) atoms. The molecule has 1 atom stereocenters. The van der Waals surface area contributed by atoms with Gasteiger partial charge in [-0.2, -0.15) is 0 Å². The van der Waals surface area contributed by atoms with Gasteiger partial charge in [0.1, 0.15) is 17.7 Å². The topological polar surface area (TPSA) is 49.6 Å². The molecule has 0 bridgehead atoms. The number of hydrogen-bond donors (Lipinski definition) is 1. The molecule has 1 N–H and O–H groups in total. The van der Waals surface area contributed by atoms with E-state index in [-0.39, 0.29) is 6.04 Å². The number of thiophene rings is 1. The molecular formula is C14H14N4S. The van der Waals surface area contributed by atoms with Crippen molar-refractivity contribution in [2.45, 2.75) is 13.0 Å². The highest BCUT2D eigenvalue weighted by Crippen LogP contribution is 2.30. The smallest absolute Gasteiger partial charge is 0.142 e. The highest BCUT2D eigenvalue weighted by molar-refractivity contribution is 7.10. The third-order valence-corrected chi connectivity index (χ3v) is 4.17. The van der Waals surface area contributed by atoms with Crippen LogP contribution in [-0.4, -0.2) is 24.1 Å². The minimum absolute atomic E-state index is 0.0702. The molecule has 0 aromatic carbocycles. The van der Waals surface area contributed by atoms with Gasteiger partial charge in [0.05, 0.1) is 0 Å². The summed E-state index contributed by atoms with van der Waals surface area (Å²) in [6.45, 7) is 2.10. The summed E-state index contributed by atoms with van der Waals surface area (Å²) in [5.41, 5.74) is 2.23. The van der Waals surface area contributed by atoms with Crippen molar-refractivity contribution >= 4 is 29.2 Å². The van der Waals surface area contributed by atoms with E-state index >= 15 is 0 Å². The Bertz CT molecular complexity index is 657. The Balaban J connectivity index is 2.07. The predicted octanol–water partition coefficient (Wildman–Crippen LogP) is 3.07. The van der Waals surface area contributed by atoms with Gasteiger partial charge in [0, 0.05) is 29.9 Å². The Hall–Kier alpha value is -2.01. The maximum absolute atomic E-state index is 4.67. The number of fused-ring (bicyclic) bond motifs is 1. The van der Waals surface area contributed by atoms with E-state index in [2.05, 4.69) is 38.7 Å². The molecule has 0 amide bonds. The van der Waals surface area contributed by atoms with Crippen LogP contribution in [0.25, 0.3) is 0 Å². The van der Waals surface area contributed by atoms with Gasteiger partial charge < -0.3 is 5.32 Å². The van der Waals surface area contributed by atoms with Crippen LogP contribution in [0, 0.1) is 6.92 Å². The molecule has 0 saturated heterocycles. The molecule has 1 aliphatic heterocycles. The Morgan fingerprint density at radius 2 is 2.26 bits per heavy atom. The minimum Gasteiger partial charge on any atom is -0.326 e. The number of aryl methyl sites for hydroxylation is 1. The van der Waals surface area contributed by atoms with Crippen molar-refractivity contribution in [1.29, 1.82) is 0 Å². The molecule has 96 valence electrons. The number of nitrogens with one attached hydrogen (secondary N) is 1. The second kappa shape index (κ2) is 4.93. The highest BCUT2D eigenvalue weighted by atomic mass is 32.1. The molecule has 0 saturated carbocycles. The lowest BCUT2D eigenvalue weighted by atomic mass is 10.1. The van der Waals surface area contributed by atoms with Gasteiger partial charge >= 0.3 is 0 Å². The molecule has 0 spiro atoms. The minimum atomic E-state index is -0.0702. The van der Waals surface area contributed by atoms with Crippen LogP contribution in [0.15, 0.2) is 39.8 Å². The van der Waals surface area contributed by atoms with Gasteiger partial charge in [-0.3, -0.25) is 9.98 Å². The van der Waals surface area contributed by atoms with Gasteiger partial charge in [0.25, 0.3) is 0 Å². The zero-order valence-electron chi connectivity index (χ0n) is 10.8. The predicted molar refractivity (Wildman–Crippen MR) is 80.6 cm³/mol. The van der Waals surface area contributed by atoms with Gasteiger partial charge in [0.2, 0.25) is 0 Å². The summed E-state index contributed by atoms with van der Waals surface area (Å²) in [6.07, 6.45) is 3.64. The Labute approximate surface area is 116 Å². The molecule has 5 heteroatoms. The lowest BCUT2D eigenvalue weighted by Crippen LogP contribution is -2.19. The van der Waals surface area contributed by atoms with Crippen LogP contribution in [-0.2, 0) is 0 Å². The fourth-order valence-corrected chi connectivity index (χ4v) is 3.05. The fourth-order valence-electron chi connectivity index (χ4n) is 2.08. The van der Waals surface area contributed by atoms with Crippen molar-refractivity contribution in [1.82, 2.24) is 4.98 Å². The maximum atomic E-state index is 4.67. The zero-order chi connectivity index (χ0) is 13.2. The van der Waals surface area contributed by atoms with Crippen molar-refractivity contribution in [2.75, 3.05) is 12.4 Å². The highest BCUT2D eigenvalue weighted by Gasteiger charge is 2.23. The monoisotopic (exact) mass is 270 g/mol. The molecule has 3 heterocycles. The van der Waals surface area contributed by atoms with Crippen molar-refractivity contribution in [3.8, 4) is 0 Å². The number of pyridine rings is 1. The molecule has 3 rings (SSSR count). The first-order chi connectivity index (χ1) is 9.29. The summed E-state index contributed by atoms with van der Waals surface area (Å²) in [7, 11) is 1.78. The maximum Gasteiger partial charge on any atom is 0.142 e. The first kappa shape index (κ1) is 12.0. The van der Waals surface area contributed by atoms with Crippen LogP contribution in [0.1, 0.15) is 22.0 Å². The summed E-state index contributed by atoms with van der Waals surface area (Å²) in [6, 6.07) is 5.94. The van der Waals surface area contributed by atoms with E-state index in [4.69, 9.17) is 0 Å². The van der Waals surface area contributed by atoms with Gasteiger partial charge in [0.15, 0.2) is 0 Å². The van der Waals surface area contributed by atoms with Gasteiger partial charge in [-0.1, -0.05) is 0 Å². The first-order valence-electron chi connectivity index (χ1n) is 6.05. The number of hydrogen-bond acceptors (Lipinski definition) is 4. The van der Waals surface area contributed by atoms with Crippen LogP contribution < -0.4 is 5.32 Å². The standard InChI is InChI=1S/C14H14N4S/c1-9-5-7-19-12(9)11-14(15-2)18-13-10(8-17-11)4-3-6-16-13/h3-8,11H,1-2H3,(H,15,16,18). The van der Waals surface area contributed by atoms with E-state index < -0.39 is 0 Å². The fraction of sp³-hybridized carbons (Fsp3) is 0.214. The number of aromatic nitrogens is 1. The van der Waals surface area contributed by atoms with E-state index in [0.717, 1.165) is 17.2 Å². The number of nitrogens with zero attached hydrogens (tertiary/aromatic N) is 3. The van der Waals surface area contributed by atoms with Crippen molar-refractivity contribution in [2.24, 2.45) is 9.98 Å². The average molecular weight is 270 g/mol. The summed E-state index contributed by atoms with van der Waals surface area (Å²) < 4.78 is 0. The third kappa shape index (κ3) is 2.17. The molecule has 1 unspecified atom stereocenters. The molecule has 0 fully saturated rings. The quantitative estimate of drug-likeness (QED) is 0.865. The number of aliphatic imine (C=N–C) groups is 2. The first-order valence-corrected chi connectivity index (χ1v) is 6.93. The average Bonchev–Trinajstić information content (AvgIpc) is 2.76. The van der Waals surface area contributed by atoms with Crippen molar-refractivity contribution < 1.29 is 0 Å². The summed E-state index contributed by atoms with van der Waals surface area (Å²) in [4.78, 5) is 14.6. The summed E-state index contributed by atoms with van der Waals surface area (Å²) in [5, 5.41) is 5.38. The van der Waals surface area contributed by atoms with Crippen molar-refractivity contribution in [3.63, 3.8) is 0 Å². The largest absolute Gasteiger partial charge is 0.326 e. The lowest BCUT2D eigenvalue weighted by molar-refractivity contribution is 0.976. The van der Waals surface area contributed by atoms with E-state index in [9.17, 15) is 0 Å². The Kier molecular flexibility index (Phi) is 3.13. The van der Waals surface area contributed by atoms with Crippen LogP contribution in [0.2, 0.25) is 0 Å². The van der Waals surface area contributed by atoms with Crippen LogP contribution >= 0.6 is 11.3 Å². The lowest BCUT2D eigenvalue weighted by Gasteiger charge is -2.14. The molecule has 4 nitrogen and oxygen atoms in total.